The Hall–Kier alpha value is -3.90. The molecule has 1 N–H and O–H groups in total. The van der Waals surface area contributed by atoms with Crippen LogP contribution in [0.5, 0.6) is 5.75 Å². The van der Waals surface area contributed by atoms with Crippen molar-refractivity contribution in [1.82, 2.24) is 5.43 Å². The Labute approximate surface area is 186 Å². The second-order valence-electron chi connectivity index (χ2n) is 6.93. The van der Waals surface area contributed by atoms with Gasteiger partial charge in [-0.3, -0.25) is 10.1 Å². The van der Waals surface area contributed by atoms with Gasteiger partial charge >= 0.3 is 18.1 Å². The minimum atomic E-state index is -6.50. The van der Waals surface area contributed by atoms with E-state index in [1.165, 1.54) is 36.4 Å². The topological polar surface area (TPSA) is 76.8 Å². The van der Waals surface area contributed by atoms with E-state index < -0.39 is 23.1 Å². The number of rotatable bonds is 8. The monoisotopic (exact) mass is 489 g/mol. The molecule has 34 heavy (non-hydrogen) atoms. The van der Waals surface area contributed by atoms with Crippen LogP contribution in [0.2, 0.25) is 0 Å². The summed E-state index contributed by atoms with van der Waals surface area (Å²) in [4.78, 5) is 10.2. The normalized spacial score (nSPS) is 12.8. The summed E-state index contributed by atoms with van der Waals surface area (Å²) in [5.74, 6) is -6.32. The van der Waals surface area contributed by atoms with Crippen LogP contribution < -0.4 is 10.2 Å². The number of alkyl halides is 7. The summed E-state index contributed by atoms with van der Waals surface area (Å²) < 4.78 is 95.7. The van der Waals surface area contributed by atoms with E-state index in [1.807, 2.05) is 0 Å². The van der Waals surface area contributed by atoms with E-state index in [-0.39, 0.29) is 23.6 Å². The van der Waals surface area contributed by atoms with Crippen molar-refractivity contribution in [2.75, 3.05) is 0 Å². The third-order valence-electron chi connectivity index (χ3n) is 4.62. The number of hydrogen-bond acceptors (Lipinski definition) is 5. The number of hydrogen-bond donors (Lipinski definition) is 1. The number of non-ortho nitro benzene ring substituents is 1. The molecule has 3 aromatic carbocycles. The van der Waals surface area contributed by atoms with Gasteiger partial charge in [0.05, 0.1) is 11.1 Å². The molecule has 180 valence electrons. The van der Waals surface area contributed by atoms with Gasteiger partial charge in [0.15, 0.2) is 0 Å². The lowest BCUT2D eigenvalue weighted by Gasteiger charge is -2.27. The van der Waals surface area contributed by atoms with E-state index in [0.29, 0.717) is 28.0 Å². The van der Waals surface area contributed by atoms with E-state index in [1.54, 1.807) is 24.3 Å². The highest BCUT2D eigenvalue weighted by Gasteiger charge is 2.73. The molecule has 3 aromatic rings. The Kier molecular flexibility index (Phi) is 6.66. The first-order valence-corrected chi connectivity index (χ1v) is 9.34. The Morgan fingerprint density at radius 1 is 0.941 bits per heavy atom. The van der Waals surface area contributed by atoms with Crippen LogP contribution in [0.25, 0.3) is 10.8 Å². The van der Waals surface area contributed by atoms with Gasteiger partial charge in [-0.15, -0.1) is 0 Å². The number of ether oxygens (including phenoxy) is 1. The van der Waals surface area contributed by atoms with Gasteiger partial charge in [0.1, 0.15) is 12.4 Å². The average molecular weight is 489 g/mol. The number of nitro groups is 1. The summed E-state index contributed by atoms with van der Waals surface area (Å²) in [6.07, 6.45) is -5.86. The minimum absolute atomic E-state index is 0.0265. The number of halogens is 7. The molecule has 0 aliphatic carbocycles. The van der Waals surface area contributed by atoms with Crippen LogP contribution in [0.3, 0.4) is 0 Å². The molecule has 0 radical (unpaired) electrons. The van der Waals surface area contributed by atoms with Gasteiger partial charge in [0.25, 0.3) is 5.69 Å². The number of nitro benzene ring substituents is 1. The van der Waals surface area contributed by atoms with Crippen molar-refractivity contribution >= 4 is 22.7 Å². The number of nitrogens with zero attached hydrogens (tertiary/aromatic N) is 2. The van der Waals surface area contributed by atoms with Crippen molar-refractivity contribution in [3.63, 3.8) is 0 Å². The van der Waals surface area contributed by atoms with Gasteiger partial charge in [-0.1, -0.05) is 30.3 Å². The molecule has 0 saturated heterocycles. The van der Waals surface area contributed by atoms with Gasteiger partial charge < -0.3 is 4.74 Å². The van der Waals surface area contributed by atoms with Crippen LogP contribution in [-0.2, 0) is 6.61 Å². The standard InChI is InChI=1S/C21H14F7N3O3/c22-19(23,20(24,25)26)21(27,28)30-29-11-17-16-4-2-1-3-14(16)7-10-18(17)34-12-13-5-8-15(9-6-13)31(32)33/h1-11,30H,12H2/b29-11-. The van der Waals surface area contributed by atoms with Crippen molar-refractivity contribution in [2.45, 2.75) is 24.8 Å². The molecular formula is C21H14F7N3O3. The summed E-state index contributed by atoms with van der Waals surface area (Å²) in [6, 6.07) is 9.09. The van der Waals surface area contributed by atoms with Gasteiger partial charge in [0.2, 0.25) is 0 Å². The molecule has 0 aliphatic rings. The molecule has 0 heterocycles. The smallest absolute Gasteiger partial charge is 0.462 e. The second kappa shape index (κ2) is 9.15. The van der Waals surface area contributed by atoms with Crippen LogP contribution in [0.4, 0.5) is 36.4 Å². The quantitative estimate of drug-likeness (QED) is 0.138. The van der Waals surface area contributed by atoms with Crippen LogP contribution in [0.15, 0.2) is 65.8 Å². The summed E-state index contributed by atoms with van der Waals surface area (Å²) in [5.41, 5.74) is 0.972. The maximum Gasteiger partial charge on any atom is 0.462 e. The van der Waals surface area contributed by atoms with Crippen molar-refractivity contribution in [2.24, 2.45) is 5.10 Å². The summed E-state index contributed by atoms with van der Waals surface area (Å²) in [5, 5.41) is 14.6. The fourth-order valence-electron chi connectivity index (χ4n) is 2.84. The zero-order valence-corrected chi connectivity index (χ0v) is 16.8. The van der Waals surface area contributed by atoms with Crippen molar-refractivity contribution in [1.29, 1.82) is 0 Å². The molecule has 3 rings (SSSR count). The van der Waals surface area contributed by atoms with Gasteiger partial charge in [0, 0.05) is 17.7 Å². The second-order valence-corrected chi connectivity index (χ2v) is 6.93. The van der Waals surface area contributed by atoms with Crippen LogP contribution in [-0.4, -0.2) is 29.3 Å². The first-order valence-electron chi connectivity index (χ1n) is 9.34. The number of fused-ring (bicyclic) bond motifs is 1. The highest BCUT2D eigenvalue weighted by molar-refractivity contribution is 6.02. The molecule has 0 atom stereocenters. The molecule has 6 nitrogen and oxygen atoms in total. The highest BCUT2D eigenvalue weighted by Crippen LogP contribution is 2.45. The van der Waals surface area contributed by atoms with Crippen molar-refractivity contribution < 1.29 is 40.4 Å². The van der Waals surface area contributed by atoms with E-state index in [4.69, 9.17) is 4.74 Å². The molecule has 0 fully saturated rings. The first-order chi connectivity index (χ1) is 15.8. The predicted octanol–water partition coefficient (Wildman–Crippen LogP) is 6.04. The zero-order valence-electron chi connectivity index (χ0n) is 16.8. The van der Waals surface area contributed by atoms with E-state index in [0.717, 1.165) is 0 Å². The lowest BCUT2D eigenvalue weighted by molar-refractivity contribution is -0.384. The summed E-state index contributed by atoms with van der Waals surface area (Å²) >= 11 is 0. The summed E-state index contributed by atoms with van der Waals surface area (Å²) in [7, 11) is 0. The number of benzene rings is 3. The Morgan fingerprint density at radius 2 is 1.59 bits per heavy atom. The molecular weight excluding hydrogens is 475 g/mol. The third-order valence-corrected chi connectivity index (χ3v) is 4.62. The van der Waals surface area contributed by atoms with Crippen molar-refractivity contribution in [3.8, 4) is 5.75 Å². The predicted molar refractivity (Wildman–Crippen MR) is 108 cm³/mol. The molecule has 0 aliphatic heterocycles. The van der Waals surface area contributed by atoms with Crippen LogP contribution in [0, 0.1) is 10.1 Å². The van der Waals surface area contributed by atoms with Crippen LogP contribution in [0.1, 0.15) is 11.1 Å². The number of hydrazone groups is 1. The zero-order chi connectivity index (χ0) is 25.1. The fraction of sp³-hybridized carbons (Fsp3) is 0.190. The van der Waals surface area contributed by atoms with E-state index in [2.05, 4.69) is 5.10 Å². The Morgan fingerprint density at radius 3 is 2.21 bits per heavy atom. The van der Waals surface area contributed by atoms with Crippen molar-refractivity contribution in [3.05, 3.63) is 81.9 Å². The lowest BCUT2D eigenvalue weighted by atomic mass is 10.0. The molecule has 0 aromatic heterocycles. The van der Waals surface area contributed by atoms with E-state index >= 15 is 0 Å². The minimum Gasteiger partial charge on any atom is -0.488 e. The SMILES string of the molecule is O=[N+]([O-])c1ccc(COc2ccc3ccccc3c2/C=N\NC(F)(F)C(F)(F)C(F)(F)F)cc1. The molecule has 0 saturated carbocycles. The maximum atomic E-state index is 13.5. The Balaban J connectivity index is 1.88. The number of nitrogens with one attached hydrogen (secondary N) is 1. The average Bonchev–Trinajstić information content (AvgIpc) is 2.77. The van der Waals surface area contributed by atoms with Gasteiger partial charge in [-0.05, 0) is 34.5 Å². The molecule has 0 unspecified atom stereocenters. The molecule has 13 heteroatoms. The maximum absolute atomic E-state index is 13.5. The van der Waals surface area contributed by atoms with E-state index in [9.17, 15) is 40.8 Å². The molecule has 0 bridgehead atoms. The Bertz CT molecular complexity index is 1210. The summed E-state index contributed by atoms with van der Waals surface area (Å²) in [6.45, 7) is -0.118. The fourth-order valence-corrected chi connectivity index (χ4v) is 2.84. The highest BCUT2D eigenvalue weighted by atomic mass is 19.4. The lowest BCUT2D eigenvalue weighted by Crippen LogP contribution is -2.58. The van der Waals surface area contributed by atoms with Gasteiger partial charge in [-0.25, -0.2) is 5.43 Å². The third kappa shape index (κ3) is 5.02. The molecule has 0 amide bonds. The molecule has 0 spiro atoms. The van der Waals surface area contributed by atoms with Gasteiger partial charge in [-0.2, -0.15) is 35.8 Å². The largest absolute Gasteiger partial charge is 0.488 e. The van der Waals surface area contributed by atoms with Crippen LogP contribution >= 0.6 is 0 Å². The first kappa shape index (κ1) is 24.7.